The summed E-state index contributed by atoms with van der Waals surface area (Å²) < 4.78 is 18.6. The van der Waals surface area contributed by atoms with Gasteiger partial charge < -0.3 is 9.72 Å². The van der Waals surface area contributed by atoms with E-state index in [0.29, 0.717) is 0 Å². The number of aromatic amines is 1. The number of halogens is 1. The third-order valence-corrected chi connectivity index (χ3v) is 3.68. The van der Waals surface area contributed by atoms with Crippen LogP contribution in [0.5, 0.6) is 0 Å². The van der Waals surface area contributed by atoms with Crippen LogP contribution in [-0.4, -0.2) is 22.7 Å². The summed E-state index contributed by atoms with van der Waals surface area (Å²) in [6.45, 7) is 0. The molecule has 90 valence electrons. The minimum Gasteiger partial charge on any atom is -0.378 e. The van der Waals surface area contributed by atoms with Crippen molar-refractivity contribution in [3.8, 4) is 0 Å². The summed E-state index contributed by atoms with van der Waals surface area (Å²) in [5.74, 6) is 0.643. The quantitative estimate of drug-likeness (QED) is 0.886. The minimum atomic E-state index is -0.238. The summed E-state index contributed by atoms with van der Waals surface area (Å²) in [6, 6.07) is 4.61. The fraction of sp³-hybridized carbons (Fsp3) is 0.462. The number of nitrogens with one attached hydrogen (secondary N) is 1. The zero-order valence-corrected chi connectivity index (χ0v) is 9.79. The molecule has 1 N–H and O–H groups in total. The molecule has 0 radical (unpaired) electrons. The van der Waals surface area contributed by atoms with Crippen LogP contribution >= 0.6 is 0 Å². The Bertz CT molecular complexity index is 540. The Kier molecular flexibility index (Phi) is 2.40. The van der Waals surface area contributed by atoms with Crippen LogP contribution in [0.15, 0.2) is 18.2 Å². The predicted molar refractivity (Wildman–Crippen MR) is 63.3 cm³/mol. The molecule has 1 saturated carbocycles. The summed E-state index contributed by atoms with van der Waals surface area (Å²) in [7, 11) is 1.75. The van der Waals surface area contributed by atoms with E-state index in [-0.39, 0.29) is 11.4 Å². The van der Waals surface area contributed by atoms with Gasteiger partial charge in [0.05, 0.1) is 16.6 Å². The van der Waals surface area contributed by atoms with Gasteiger partial charge in [0.2, 0.25) is 0 Å². The normalized spacial score (nSPS) is 18.2. The van der Waals surface area contributed by atoms with Crippen LogP contribution in [0.3, 0.4) is 0 Å². The molecule has 0 saturated heterocycles. The highest BCUT2D eigenvalue weighted by Crippen LogP contribution is 2.37. The van der Waals surface area contributed by atoms with Crippen LogP contribution < -0.4 is 0 Å². The molecule has 3 nitrogen and oxygen atoms in total. The first-order valence-electron chi connectivity index (χ1n) is 5.90. The van der Waals surface area contributed by atoms with Crippen LogP contribution in [0.25, 0.3) is 11.0 Å². The lowest BCUT2D eigenvalue weighted by Gasteiger charge is -2.39. The highest BCUT2D eigenvalue weighted by Gasteiger charge is 2.37. The van der Waals surface area contributed by atoms with Gasteiger partial charge in [0, 0.05) is 13.5 Å². The number of benzene rings is 1. The van der Waals surface area contributed by atoms with Gasteiger partial charge in [-0.2, -0.15) is 0 Å². The standard InChI is InChI=1S/C13H15FN2O/c1-17-13(5-2-6-13)8-12-15-10-4-3-9(14)7-11(10)16-12/h3-4,7H,2,5-6,8H2,1H3,(H,15,16). The SMILES string of the molecule is COC1(Cc2nc3ccc(F)cc3[nH]2)CCC1. The number of rotatable bonds is 3. The molecule has 1 aliphatic carbocycles. The van der Waals surface area contributed by atoms with E-state index >= 15 is 0 Å². The van der Waals surface area contributed by atoms with E-state index in [1.807, 2.05) is 0 Å². The summed E-state index contributed by atoms with van der Waals surface area (Å²) >= 11 is 0. The van der Waals surface area contributed by atoms with Gasteiger partial charge >= 0.3 is 0 Å². The van der Waals surface area contributed by atoms with Gasteiger partial charge in [-0.25, -0.2) is 9.37 Å². The Morgan fingerprint density at radius 2 is 2.29 bits per heavy atom. The van der Waals surface area contributed by atoms with E-state index in [1.54, 1.807) is 13.2 Å². The van der Waals surface area contributed by atoms with Crippen molar-refractivity contribution < 1.29 is 9.13 Å². The fourth-order valence-electron chi connectivity index (χ4n) is 2.45. The maximum atomic E-state index is 13.1. The maximum absolute atomic E-state index is 13.1. The smallest absolute Gasteiger partial charge is 0.125 e. The molecule has 1 heterocycles. The molecular formula is C13H15FN2O. The van der Waals surface area contributed by atoms with Crippen LogP contribution in [0.2, 0.25) is 0 Å². The molecule has 1 aromatic carbocycles. The first-order valence-corrected chi connectivity index (χ1v) is 5.90. The Balaban J connectivity index is 1.90. The number of ether oxygens (including phenoxy) is 1. The first kappa shape index (κ1) is 10.7. The average molecular weight is 234 g/mol. The highest BCUT2D eigenvalue weighted by molar-refractivity contribution is 5.74. The summed E-state index contributed by atoms with van der Waals surface area (Å²) in [5.41, 5.74) is 1.52. The molecule has 0 unspecified atom stereocenters. The number of H-pyrrole nitrogens is 1. The average Bonchev–Trinajstić information content (AvgIpc) is 2.65. The van der Waals surface area contributed by atoms with Crippen LogP contribution in [-0.2, 0) is 11.2 Å². The molecule has 0 amide bonds. The first-order chi connectivity index (χ1) is 8.21. The van der Waals surface area contributed by atoms with Crippen LogP contribution in [0.1, 0.15) is 25.1 Å². The van der Waals surface area contributed by atoms with E-state index < -0.39 is 0 Å². The van der Waals surface area contributed by atoms with E-state index in [9.17, 15) is 4.39 Å². The molecule has 1 fully saturated rings. The zero-order chi connectivity index (χ0) is 11.9. The largest absolute Gasteiger partial charge is 0.378 e. The Morgan fingerprint density at radius 1 is 1.47 bits per heavy atom. The Hall–Kier alpha value is -1.42. The maximum Gasteiger partial charge on any atom is 0.125 e. The number of aromatic nitrogens is 2. The van der Waals surface area contributed by atoms with E-state index in [0.717, 1.165) is 36.1 Å². The summed E-state index contributed by atoms with van der Waals surface area (Å²) in [5, 5.41) is 0. The number of fused-ring (bicyclic) bond motifs is 1. The van der Waals surface area contributed by atoms with E-state index in [1.165, 1.54) is 18.6 Å². The van der Waals surface area contributed by atoms with E-state index in [2.05, 4.69) is 9.97 Å². The molecular weight excluding hydrogens is 219 g/mol. The van der Waals surface area contributed by atoms with Gasteiger partial charge in [0.25, 0.3) is 0 Å². The van der Waals surface area contributed by atoms with Gasteiger partial charge in [-0.15, -0.1) is 0 Å². The van der Waals surface area contributed by atoms with Crippen molar-refractivity contribution >= 4 is 11.0 Å². The van der Waals surface area contributed by atoms with Gasteiger partial charge in [0.15, 0.2) is 0 Å². The molecule has 3 rings (SSSR count). The van der Waals surface area contributed by atoms with Crippen molar-refractivity contribution in [2.24, 2.45) is 0 Å². The second kappa shape index (κ2) is 3.81. The van der Waals surface area contributed by atoms with Gasteiger partial charge in [-0.05, 0) is 37.5 Å². The second-order valence-corrected chi connectivity index (χ2v) is 4.76. The van der Waals surface area contributed by atoms with Crippen LogP contribution in [0.4, 0.5) is 4.39 Å². The van der Waals surface area contributed by atoms with E-state index in [4.69, 9.17) is 4.74 Å². The number of methoxy groups -OCH3 is 1. The minimum absolute atomic E-state index is 0.0492. The number of hydrogen-bond donors (Lipinski definition) is 1. The molecule has 4 heteroatoms. The van der Waals surface area contributed by atoms with Gasteiger partial charge in [0.1, 0.15) is 11.6 Å². The van der Waals surface area contributed by atoms with Crippen molar-refractivity contribution in [1.82, 2.24) is 9.97 Å². The Labute approximate surface area is 99.0 Å². The molecule has 0 bridgehead atoms. The lowest BCUT2D eigenvalue weighted by molar-refractivity contribution is -0.0719. The number of nitrogens with zero attached hydrogens (tertiary/aromatic N) is 1. The summed E-state index contributed by atoms with van der Waals surface area (Å²) in [4.78, 5) is 7.63. The van der Waals surface area contributed by atoms with Crippen molar-refractivity contribution in [2.45, 2.75) is 31.3 Å². The molecule has 0 atom stereocenters. The van der Waals surface area contributed by atoms with Crippen molar-refractivity contribution in [3.05, 3.63) is 29.8 Å². The highest BCUT2D eigenvalue weighted by atomic mass is 19.1. The lowest BCUT2D eigenvalue weighted by Crippen LogP contribution is -2.41. The topological polar surface area (TPSA) is 37.9 Å². The molecule has 0 aliphatic heterocycles. The van der Waals surface area contributed by atoms with Gasteiger partial charge in [-0.3, -0.25) is 0 Å². The molecule has 1 aliphatic rings. The lowest BCUT2D eigenvalue weighted by atomic mass is 9.77. The molecule has 2 aromatic rings. The second-order valence-electron chi connectivity index (χ2n) is 4.76. The third-order valence-electron chi connectivity index (χ3n) is 3.68. The molecule has 0 spiro atoms. The van der Waals surface area contributed by atoms with Crippen molar-refractivity contribution in [1.29, 1.82) is 0 Å². The number of imidazole rings is 1. The Morgan fingerprint density at radius 3 is 2.94 bits per heavy atom. The van der Waals surface area contributed by atoms with Crippen LogP contribution in [0, 0.1) is 5.82 Å². The predicted octanol–water partition coefficient (Wildman–Crippen LogP) is 2.81. The van der Waals surface area contributed by atoms with Gasteiger partial charge in [-0.1, -0.05) is 0 Å². The fourth-order valence-corrected chi connectivity index (χ4v) is 2.45. The summed E-state index contributed by atoms with van der Waals surface area (Å²) in [6.07, 6.45) is 4.15. The van der Waals surface area contributed by atoms with Crippen molar-refractivity contribution in [3.63, 3.8) is 0 Å². The third kappa shape index (κ3) is 1.82. The number of hydrogen-bond acceptors (Lipinski definition) is 2. The molecule has 1 aromatic heterocycles. The van der Waals surface area contributed by atoms with Crippen molar-refractivity contribution in [2.75, 3.05) is 7.11 Å². The monoisotopic (exact) mass is 234 g/mol. The molecule has 17 heavy (non-hydrogen) atoms. The zero-order valence-electron chi connectivity index (χ0n) is 9.79.